The molecule has 0 aliphatic rings. The minimum Gasteiger partial charge on any atom is -0.399 e. The van der Waals surface area contributed by atoms with Crippen LogP contribution in [0.15, 0.2) is 18.2 Å². The van der Waals surface area contributed by atoms with Crippen LogP contribution in [-0.2, 0) is 9.47 Å². The Labute approximate surface area is 110 Å². The van der Waals surface area contributed by atoms with E-state index < -0.39 is 0 Å². The first-order valence-corrected chi connectivity index (χ1v) is 6.20. The lowest BCUT2D eigenvalue weighted by Gasteiger charge is -2.32. The molecule has 0 bridgehead atoms. The van der Waals surface area contributed by atoms with Crippen molar-refractivity contribution in [2.45, 2.75) is 19.9 Å². The largest absolute Gasteiger partial charge is 0.399 e. The summed E-state index contributed by atoms with van der Waals surface area (Å²) in [5.74, 6) is 0. The van der Waals surface area contributed by atoms with Crippen LogP contribution < -0.4 is 10.6 Å². The summed E-state index contributed by atoms with van der Waals surface area (Å²) < 4.78 is 10.4. The standard InChI is InChI=1S/C14H24N2O2/c1-11-9-13(15)5-6-14(11)16(7-8-17-3)12(2)10-18-4/h5-6,9,12H,7-8,10,15H2,1-4H3. The van der Waals surface area contributed by atoms with Crippen LogP contribution >= 0.6 is 0 Å². The third-order valence-corrected chi connectivity index (χ3v) is 3.01. The minimum absolute atomic E-state index is 0.299. The zero-order valence-corrected chi connectivity index (χ0v) is 11.8. The van der Waals surface area contributed by atoms with Gasteiger partial charge in [0.1, 0.15) is 0 Å². The Bertz CT molecular complexity index is 369. The highest BCUT2D eigenvalue weighted by Gasteiger charge is 2.16. The lowest BCUT2D eigenvalue weighted by atomic mass is 10.1. The number of nitrogens with zero attached hydrogens (tertiary/aromatic N) is 1. The number of anilines is 2. The van der Waals surface area contributed by atoms with Gasteiger partial charge in [-0.25, -0.2) is 0 Å². The molecule has 0 aliphatic heterocycles. The highest BCUT2D eigenvalue weighted by atomic mass is 16.5. The summed E-state index contributed by atoms with van der Waals surface area (Å²) in [6.07, 6.45) is 0. The molecule has 1 atom stereocenters. The van der Waals surface area contributed by atoms with Crippen molar-refractivity contribution in [3.05, 3.63) is 23.8 Å². The number of ether oxygens (including phenoxy) is 2. The third-order valence-electron chi connectivity index (χ3n) is 3.01. The summed E-state index contributed by atoms with van der Waals surface area (Å²) in [6, 6.07) is 6.29. The number of rotatable bonds is 7. The second kappa shape index (κ2) is 7.24. The molecule has 0 saturated heterocycles. The first-order valence-electron chi connectivity index (χ1n) is 6.20. The van der Waals surface area contributed by atoms with E-state index in [1.165, 1.54) is 11.3 Å². The molecule has 0 saturated carbocycles. The summed E-state index contributed by atoms with van der Waals surface area (Å²) in [6.45, 7) is 6.44. The quantitative estimate of drug-likeness (QED) is 0.755. The SMILES string of the molecule is COCCN(c1ccc(N)cc1C)C(C)COC. The zero-order chi connectivity index (χ0) is 13.5. The van der Waals surface area contributed by atoms with Crippen molar-refractivity contribution in [3.8, 4) is 0 Å². The second-order valence-corrected chi connectivity index (χ2v) is 4.54. The molecule has 0 fully saturated rings. The summed E-state index contributed by atoms with van der Waals surface area (Å²) in [5.41, 5.74) is 8.95. The van der Waals surface area contributed by atoms with Gasteiger partial charge in [0, 0.05) is 38.2 Å². The van der Waals surface area contributed by atoms with Crippen LogP contribution in [0, 0.1) is 6.92 Å². The average Bonchev–Trinajstić information content (AvgIpc) is 2.32. The monoisotopic (exact) mass is 252 g/mol. The Hall–Kier alpha value is -1.26. The molecule has 1 aromatic carbocycles. The Morgan fingerprint density at radius 2 is 2.00 bits per heavy atom. The molecular formula is C14H24N2O2. The van der Waals surface area contributed by atoms with Gasteiger partial charge in [-0.05, 0) is 37.6 Å². The Kier molecular flexibility index (Phi) is 5.95. The molecule has 0 heterocycles. The highest BCUT2D eigenvalue weighted by Crippen LogP contribution is 2.24. The van der Waals surface area contributed by atoms with Crippen molar-refractivity contribution >= 4 is 11.4 Å². The van der Waals surface area contributed by atoms with Crippen molar-refractivity contribution < 1.29 is 9.47 Å². The van der Waals surface area contributed by atoms with Crippen LogP contribution in [-0.4, -0.2) is 40.0 Å². The first-order chi connectivity index (χ1) is 8.60. The maximum Gasteiger partial charge on any atom is 0.0663 e. The fourth-order valence-electron chi connectivity index (χ4n) is 2.10. The number of methoxy groups -OCH3 is 2. The van der Waals surface area contributed by atoms with E-state index in [-0.39, 0.29) is 0 Å². The topological polar surface area (TPSA) is 47.7 Å². The van der Waals surface area contributed by atoms with Gasteiger partial charge in [-0.15, -0.1) is 0 Å². The van der Waals surface area contributed by atoms with E-state index >= 15 is 0 Å². The van der Waals surface area contributed by atoms with E-state index in [0.717, 1.165) is 12.2 Å². The van der Waals surface area contributed by atoms with E-state index in [0.29, 0.717) is 19.3 Å². The number of nitrogens with two attached hydrogens (primary N) is 1. The molecule has 4 heteroatoms. The van der Waals surface area contributed by atoms with Gasteiger partial charge in [-0.3, -0.25) is 0 Å². The maximum atomic E-state index is 5.79. The van der Waals surface area contributed by atoms with Gasteiger partial charge >= 0.3 is 0 Å². The van der Waals surface area contributed by atoms with E-state index in [1.807, 2.05) is 12.1 Å². The lowest BCUT2D eigenvalue weighted by molar-refractivity contribution is 0.171. The fraction of sp³-hybridized carbons (Fsp3) is 0.571. The smallest absolute Gasteiger partial charge is 0.0663 e. The van der Waals surface area contributed by atoms with Crippen LogP contribution in [0.2, 0.25) is 0 Å². The predicted molar refractivity (Wildman–Crippen MR) is 76.2 cm³/mol. The van der Waals surface area contributed by atoms with Gasteiger partial charge in [0.25, 0.3) is 0 Å². The zero-order valence-electron chi connectivity index (χ0n) is 11.8. The van der Waals surface area contributed by atoms with Crippen molar-refractivity contribution in [2.24, 2.45) is 0 Å². The normalized spacial score (nSPS) is 12.4. The van der Waals surface area contributed by atoms with Gasteiger partial charge < -0.3 is 20.1 Å². The molecule has 4 nitrogen and oxygen atoms in total. The Morgan fingerprint density at radius 1 is 1.28 bits per heavy atom. The molecule has 0 spiro atoms. The summed E-state index contributed by atoms with van der Waals surface area (Å²) >= 11 is 0. The Balaban J connectivity index is 2.93. The van der Waals surface area contributed by atoms with Crippen molar-refractivity contribution in [1.29, 1.82) is 0 Å². The number of hydrogen-bond acceptors (Lipinski definition) is 4. The van der Waals surface area contributed by atoms with E-state index in [9.17, 15) is 0 Å². The second-order valence-electron chi connectivity index (χ2n) is 4.54. The van der Waals surface area contributed by atoms with E-state index in [4.69, 9.17) is 15.2 Å². The molecule has 1 unspecified atom stereocenters. The molecular weight excluding hydrogens is 228 g/mol. The van der Waals surface area contributed by atoms with E-state index in [1.54, 1.807) is 14.2 Å². The molecule has 0 amide bonds. The summed E-state index contributed by atoms with van der Waals surface area (Å²) in [5, 5.41) is 0. The minimum atomic E-state index is 0.299. The van der Waals surface area contributed by atoms with Crippen LogP contribution in [0.4, 0.5) is 11.4 Å². The molecule has 18 heavy (non-hydrogen) atoms. The molecule has 0 radical (unpaired) electrons. The van der Waals surface area contributed by atoms with Crippen LogP contribution in [0.25, 0.3) is 0 Å². The number of nitrogen functional groups attached to an aromatic ring is 1. The lowest BCUT2D eigenvalue weighted by Crippen LogP contribution is -2.39. The first kappa shape index (κ1) is 14.8. The third kappa shape index (κ3) is 3.89. The van der Waals surface area contributed by atoms with Crippen molar-refractivity contribution in [1.82, 2.24) is 0 Å². The van der Waals surface area contributed by atoms with Gasteiger partial charge in [0.15, 0.2) is 0 Å². The molecule has 2 N–H and O–H groups in total. The summed E-state index contributed by atoms with van der Waals surface area (Å²) in [4.78, 5) is 2.29. The van der Waals surface area contributed by atoms with Gasteiger partial charge in [-0.1, -0.05) is 0 Å². The summed E-state index contributed by atoms with van der Waals surface area (Å²) in [7, 11) is 3.44. The molecule has 1 aromatic rings. The maximum absolute atomic E-state index is 5.79. The van der Waals surface area contributed by atoms with Gasteiger partial charge in [0.05, 0.1) is 13.2 Å². The van der Waals surface area contributed by atoms with Gasteiger partial charge in [-0.2, -0.15) is 0 Å². The van der Waals surface area contributed by atoms with Crippen molar-refractivity contribution in [2.75, 3.05) is 44.6 Å². The highest BCUT2D eigenvalue weighted by molar-refractivity contribution is 5.59. The average molecular weight is 252 g/mol. The molecule has 102 valence electrons. The molecule has 0 aliphatic carbocycles. The van der Waals surface area contributed by atoms with Crippen LogP contribution in [0.3, 0.4) is 0 Å². The fourth-order valence-corrected chi connectivity index (χ4v) is 2.10. The molecule has 1 rings (SSSR count). The van der Waals surface area contributed by atoms with Crippen LogP contribution in [0.1, 0.15) is 12.5 Å². The molecule has 0 aromatic heterocycles. The number of hydrogen-bond donors (Lipinski definition) is 1. The van der Waals surface area contributed by atoms with Crippen LogP contribution in [0.5, 0.6) is 0 Å². The van der Waals surface area contributed by atoms with E-state index in [2.05, 4.69) is 24.8 Å². The van der Waals surface area contributed by atoms with Gasteiger partial charge in [0.2, 0.25) is 0 Å². The number of benzene rings is 1. The predicted octanol–water partition coefficient (Wildman–Crippen LogP) is 2.06. The Morgan fingerprint density at radius 3 is 2.56 bits per heavy atom. The number of aryl methyl sites for hydroxylation is 1. The van der Waals surface area contributed by atoms with Crippen molar-refractivity contribution in [3.63, 3.8) is 0 Å².